The third kappa shape index (κ3) is 6.21. The molecule has 0 aromatic heterocycles. The van der Waals surface area contributed by atoms with E-state index in [-0.39, 0.29) is 0 Å². The smallest absolute Gasteiger partial charge is 0.124 e. The van der Waals surface area contributed by atoms with Gasteiger partial charge in [0.25, 0.3) is 0 Å². The van der Waals surface area contributed by atoms with Crippen molar-refractivity contribution in [3.63, 3.8) is 0 Å². The Morgan fingerprint density at radius 1 is 0.516 bits per heavy atom. The number of allylic oxidation sites excluding steroid dienone is 2. The molecule has 2 heteroatoms. The highest BCUT2D eigenvalue weighted by atomic mass is 28.3. The van der Waals surface area contributed by atoms with Crippen LogP contribution in [0, 0.1) is 22.9 Å². The van der Waals surface area contributed by atoms with Crippen molar-refractivity contribution < 1.29 is 0 Å². The van der Waals surface area contributed by atoms with E-state index >= 15 is 0 Å². The molecule has 0 aliphatic heterocycles. The standard InChI is InChI=1S/C29H52Si2/c1-22(2)30(23(3)4,24(5)6)20-18-29(28-16-14-13-15-17-28)19-21-31(25(7)8,26(9)10)27(11)12/h22-27H,13-17H2,1-12H3. The number of rotatable bonds is 6. The van der Waals surface area contributed by atoms with Crippen molar-refractivity contribution >= 4 is 16.1 Å². The molecule has 0 N–H and O–H groups in total. The Hall–Kier alpha value is -0.706. The molecule has 1 saturated carbocycles. The van der Waals surface area contributed by atoms with E-state index in [1.165, 1.54) is 37.7 Å². The first-order chi connectivity index (χ1) is 14.3. The normalized spacial score (nSPS) is 15.6. The first kappa shape index (κ1) is 28.3. The monoisotopic (exact) mass is 456 g/mol. The minimum Gasteiger partial charge on any atom is -0.124 e. The molecule has 0 atom stereocenters. The molecule has 0 saturated heterocycles. The second-order valence-corrected chi connectivity index (χ2v) is 23.0. The van der Waals surface area contributed by atoms with Gasteiger partial charge in [-0.05, 0) is 64.5 Å². The summed E-state index contributed by atoms with van der Waals surface area (Å²) in [5.41, 5.74) is 14.8. The first-order valence-corrected chi connectivity index (χ1v) is 17.6. The van der Waals surface area contributed by atoms with E-state index in [1.54, 1.807) is 5.57 Å². The predicted octanol–water partition coefficient (Wildman–Crippen LogP) is 9.69. The minimum absolute atomic E-state index is 0.668. The van der Waals surface area contributed by atoms with E-state index in [9.17, 15) is 0 Å². The Balaban J connectivity index is 3.70. The van der Waals surface area contributed by atoms with E-state index in [2.05, 4.69) is 106 Å². The molecule has 1 aliphatic rings. The van der Waals surface area contributed by atoms with E-state index < -0.39 is 16.1 Å². The molecule has 1 aliphatic carbocycles. The molecule has 1 rings (SSSR count). The van der Waals surface area contributed by atoms with Crippen LogP contribution in [-0.4, -0.2) is 16.1 Å². The summed E-state index contributed by atoms with van der Waals surface area (Å²) in [7, 11) is -3.49. The van der Waals surface area contributed by atoms with E-state index in [0.29, 0.717) is 33.2 Å². The Labute approximate surface area is 198 Å². The van der Waals surface area contributed by atoms with Gasteiger partial charge in [0, 0.05) is 0 Å². The summed E-state index contributed by atoms with van der Waals surface area (Å²) in [5, 5.41) is 0. The van der Waals surface area contributed by atoms with Crippen molar-refractivity contribution in [3.05, 3.63) is 11.1 Å². The molecule has 1 fully saturated rings. The minimum atomic E-state index is -1.75. The lowest BCUT2D eigenvalue weighted by Gasteiger charge is -2.38. The highest BCUT2D eigenvalue weighted by Crippen LogP contribution is 2.42. The average Bonchev–Trinajstić information content (AvgIpc) is 2.66. The van der Waals surface area contributed by atoms with Gasteiger partial charge in [0.15, 0.2) is 0 Å². The Bertz CT molecular complexity index is 623. The number of hydrogen-bond acceptors (Lipinski definition) is 0. The summed E-state index contributed by atoms with van der Waals surface area (Å²) < 4.78 is 0. The molecular formula is C29H52Si2. The Morgan fingerprint density at radius 2 is 0.806 bits per heavy atom. The zero-order valence-electron chi connectivity index (χ0n) is 23.0. The third-order valence-electron chi connectivity index (χ3n) is 8.35. The lowest BCUT2D eigenvalue weighted by Crippen LogP contribution is -2.43. The molecule has 0 aromatic carbocycles. The van der Waals surface area contributed by atoms with Gasteiger partial charge in [0.05, 0.1) is 5.57 Å². The summed E-state index contributed by atoms with van der Waals surface area (Å²) in [6.07, 6.45) is 6.40. The van der Waals surface area contributed by atoms with Crippen molar-refractivity contribution in [1.82, 2.24) is 0 Å². The van der Waals surface area contributed by atoms with Crippen molar-refractivity contribution in [1.29, 1.82) is 0 Å². The van der Waals surface area contributed by atoms with Crippen LogP contribution in [0.25, 0.3) is 0 Å². The summed E-state index contributed by atoms with van der Waals surface area (Å²) in [6.45, 7) is 28.9. The fourth-order valence-corrected chi connectivity index (χ4v) is 17.1. The lowest BCUT2D eigenvalue weighted by molar-refractivity contribution is 0.597. The zero-order valence-corrected chi connectivity index (χ0v) is 25.0. The fourth-order valence-electron chi connectivity index (χ4n) is 6.64. The molecule has 0 nitrogen and oxygen atoms in total. The fraction of sp³-hybridized carbons (Fsp3) is 0.793. The Kier molecular flexibility index (Phi) is 10.9. The summed E-state index contributed by atoms with van der Waals surface area (Å²) in [4.78, 5) is 0. The SMILES string of the molecule is CC(C)[Si](C#CC(C#C[Si](C(C)C)(C(C)C)C(C)C)=C1CCCCC1)(C(C)C)C(C)C. The van der Waals surface area contributed by atoms with Gasteiger partial charge in [-0.1, -0.05) is 101 Å². The highest BCUT2D eigenvalue weighted by molar-refractivity contribution is 6.91. The average molecular weight is 457 g/mol. The molecule has 0 heterocycles. The third-order valence-corrected chi connectivity index (χ3v) is 20.9. The second-order valence-electron chi connectivity index (χ2n) is 11.8. The molecule has 31 heavy (non-hydrogen) atoms. The summed E-state index contributed by atoms with van der Waals surface area (Å²) >= 11 is 0. The molecular weight excluding hydrogens is 404 g/mol. The molecule has 0 unspecified atom stereocenters. The summed E-state index contributed by atoms with van der Waals surface area (Å²) in [6, 6.07) is 0. The van der Waals surface area contributed by atoms with Gasteiger partial charge < -0.3 is 0 Å². The van der Waals surface area contributed by atoms with E-state index in [0.717, 1.165) is 0 Å². The van der Waals surface area contributed by atoms with Crippen LogP contribution < -0.4 is 0 Å². The van der Waals surface area contributed by atoms with E-state index in [4.69, 9.17) is 0 Å². The van der Waals surface area contributed by atoms with Gasteiger partial charge in [-0.2, -0.15) is 0 Å². The summed E-state index contributed by atoms with van der Waals surface area (Å²) in [5.74, 6) is 7.61. The maximum absolute atomic E-state index is 4.00. The van der Waals surface area contributed by atoms with Gasteiger partial charge in [0.2, 0.25) is 0 Å². The van der Waals surface area contributed by atoms with Crippen LogP contribution in [0.3, 0.4) is 0 Å². The maximum Gasteiger partial charge on any atom is 0.146 e. The van der Waals surface area contributed by atoms with Crippen LogP contribution in [0.15, 0.2) is 11.1 Å². The lowest BCUT2D eigenvalue weighted by atomic mass is 9.91. The molecule has 176 valence electrons. The molecule has 0 amide bonds. The topological polar surface area (TPSA) is 0 Å². The molecule has 0 bridgehead atoms. The molecule has 0 spiro atoms. The van der Waals surface area contributed by atoms with Crippen molar-refractivity contribution in [2.24, 2.45) is 0 Å². The van der Waals surface area contributed by atoms with Gasteiger partial charge in [-0.3, -0.25) is 0 Å². The van der Waals surface area contributed by atoms with Crippen LogP contribution in [0.2, 0.25) is 33.2 Å². The van der Waals surface area contributed by atoms with Gasteiger partial charge in [-0.15, -0.1) is 11.1 Å². The van der Waals surface area contributed by atoms with E-state index in [1.807, 2.05) is 0 Å². The molecule has 0 aromatic rings. The predicted molar refractivity (Wildman–Crippen MR) is 148 cm³/mol. The molecule has 0 radical (unpaired) electrons. The highest BCUT2D eigenvalue weighted by Gasteiger charge is 2.43. The largest absolute Gasteiger partial charge is 0.146 e. The van der Waals surface area contributed by atoms with Crippen LogP contribution in [0.4, 0.5) is 0 Å². The van der Waals surface area contributed by atoms with Crippen molar-refractivity contribution in [2.45, 2.75) is 148 Å². The van der Waals surface area contributed by atoms with Gasteiger partial charge in [0.1, 0.15) is 16.1 Å². The van der Waals surface area contributed by atoms with Crippen molar-refractivity contribution in [3.8, 4) is 22.9 Å². The van der Waals surface area contributed by atoms with Crippen LogP contribution in [-0.2, 0) is 0 Å². The number of hydrogen-bond donors (Lipinski definition) is 0. The van der Waals surface area contributed by atoms with Crippen molar-refractivity contribution in [2.75, 3.05) is 0 Å². The van der Waals surface area contributed by atoms with Crippen LogP contribution in [0.5, 0.6) is 0 Å². The van der Waals surface area contributed by atoms with Gasteiger partial charge in [-0.25, -0.2) is 0 Å². The van der Waals surface area contributed by atoms with Gasteiger partial charge >= 0.3 is 0 Å². The first-order valence-electron chi connectivity index (χ1n) is 13.1. The second kappa shape index (κ2) is 12.0. The zero-order chi connectivity index (χ0) is 24.0. The van der Waals surface area contributed by atoms with Crippen LogP contribution in [0.1, 0.15) is 115 Å². The Morgan fingerprint density at radius 3 is 1.06 bits per heavy atom. The maximum atomic E-state index is 4.00. The van der Waals surface area contributed by atoms with Crippen LogP contribution >= 0.6 is 0 Å². The quantitative estimate of drug-likeness (QED) is 0.275.